The third kappa shape index (κ3) is 2.45. The number of allylic oxidation sites excluding steroid dienone is 4. The summed E-state index contributed by atoms with van der Waals surface area (Å²) in [5, 5.41) is 0. The molecule has 6 aliphatic carbocycles. The van der Waals surface area contributed by atoms with E-state index in [1.807, 2.05) is 0 Å². The van der Waals surface area contributed by atoms with Gasteiger partial charge in [-0.3, -0.25) is 0 Å². The summed E-state index contributed by atoms with van der Waals surface area (Å²) in [5.41, 5.74) is 10.7. The second kappa shape index (κ2) is 7.12. The van der Waals surface area contributed by atoms with Crippen LogP contribution in [0.15, 0.2) is 121 Å². The summed E-state index contributed by atoms with van der Waals surface area (Å²) in [6.07, 6.45) is 9.42. The average molecular weight is 580 g/mol. The van der Waals surface area contributed by atoms with Crippen LogP contribution in [0.1, 0.15) is 56.3 Å². The van der Waals surface area contributed by atoms with Crippen molar-refractivity contribution in [3.05, 3.63) is 166 Å². The Morgan fingerprint density at radius 2 is 0.943 bits per heavy atom. The zero-order valence-electron chi connectivity index (χ0n) is 18.9. The van der Waals surface area contributed by atoms with Crippen molar-refractivity contribution in [2.45, 2.75) is 20.5 Å². The third-order valence-electron chi connectivity index (χ3n) is 8.30. The van der Waals surface area contributed by atoms with Gasteiger partial charge in [0.15, 0.2) is 0 Å². The molecule has 1 unspecified atom stereocenters. The van der Waals surface area contributed by atoms with E-state index in [0.717, 1.165) is 0 Å². The van der Waals surface area contributed by atoms with Crippen molar-refractivity contribution in [1.82, 2.24) is 0 Å². The van der Waals surface area contributed by atoms with Crippen LogP contribution in [0.25, 0.3) is 0 Å². The topological polar surface area (TPSA) is 17.1 Å². The van der Waals surface area contributed by atoms with Crippen molar-refractivity contribution < 1.29 is 3.83 Å². The molecular weight excluding hydrogens is 558 g/mol. The molecule has 0 N–H and O–H groups in total. The van der Waals surface area contributed by atoms with Gasteiger partial charge in [-0.25, -0.2) is 0 Å². The van der Waals surface area contributed by atoms with Gasteiger partial charge in [-0.15, -0.1) is 0 Å². The molecule has 1 nitrogen and oxygen atoms in total. The Labute approximate surface area is 214 Å². The monoisotopic (exact) mass is 582 g/mol. The van der Waals surface area contributed by atoms with Gasteiger partial charge in [0.1, 0.15) is 0 Å². The molecule has 35 heavy (non-hydrogen) atoms. The first-order chi connectivity index (χ1) is 17.2. The molecule has 3 heteroatoms. The standard InChI is InChI=1S/C32H22OSe2/c33-35(32-20-18-22(25-11-3-7-15-29(25)32)26-12-4-8-16-30(26)32)34-31-19-17-21(23-9-1-5-13-27(23)31)24-10-2-6-14-28(24)31/h1-22H. The molecule has 0 fully saturated rings. The predicted octanol–water partition coefficient (Wildman–Crippen LogP) is 6.11. The molecule has 4 aromatic rings. The Kier molecular flexibility index (Phi) is 4.15. The summed E-state index contributed by atoms with van der Waals surface area (Å²) < 4.78 is 14.3. The van der Waals surface area contributed by atoms with Gasteiger partial charge in [-0.2, -0.15) is 0 Å². The molecule has 0 radical (unpaired) electrons. The van der Waals surface area contributed by atoms with Gasteiger partial charge >= 0.3 is 215 Å². The molecule has 0 aromatic heterocycles. The van der Waals surface area contributed by atoms with E-state index < -0.39 is 16.3 Å². The van der Waals surface area contributed by atoms with Gasteiger partial charge < -0.3 is 0 Å². The summed E-state index contributed by atoms with van der Waals surface area (Å²) in [5.74, 6) is 0.565. The predicted molar refractivity (Wildman–Crippen MR) is 141 cm³/mol. The fourth-order valence-electron chi connectivity index (χ4n) is 6.83. The molecular formula is C32H22OSe2. The molecule has 4 bridgehead atoms. The average Bonchev–Trinajstić information content (AvgIpc) is 2.94. The first-order valence-electron chi connectivity index (χ1n) is 12.1. The third-order valence-corrected chi connectivity index (χ3v) is 20.1. The molecule has 168 valence electrons. The molecule has 10 rings (SSSR count). The molecule has 0 amide bonds. The Hall–Kier alpha value is -2.80. The minimum absolute atomic E-state index is 0.157. The number of benzene rings is 4. The van der Waals surface area contributed by atoms with Crippen molar-refractivity contribution in [1.29, 1.82) is 0 Å². The Bertz CT molecular complexity index is 1530. The van der Waals surface area contributed by atoms with Gasteiger partial charge in [0.05, 0.1) is 0 Å². The Balaban J connectivity index is 1.36. The van der Waals surface area contributed by atoms with Crippen molar-refractivity contribution in [3.63, 3.8) is 0 Å². The second-order valence-electron chi connectivity index (χ2n) is 9.81. The van der Waals surface area contributed by atoms with E-state index >= 15 is 3.83 Å². The van der Waals surface area contributed by atoms with Crippen molar-refractivity contribution in [3.8, 4) is 0 Å². The van der Waals surface area contributed by atoms with Gasteiger partial charge in [0, 0.05) is 0 Å². The Morgan fingerprint density at radius 3 is 1.46 bits per heavy atom. The SMILES string of the molecule is O=[Se]([Se]C12C=CC(c3ccccc31)c1ccccc12)C12C=CC(c3ccccc31)c1ccccc12. The van der Waals surface area contributed by atoms with Crippen LogP contribution in [0.2, 0.25) is 0 Å². The van der Waals surface area contributed by atoms with Crippen LogP contribution >= 0.6 is 0 Å². The summed E-state index contributed by atoms with van der Waals surface area (Å²) in [7, 11) is 0. The summed E-state index contributed by atoms with van der Waals surface area (Å²) in [6.45, 7) is 0. The number of hydrogen-bond donors (Lipinski definition) is 0. The summed E-state index contributed by atoms with van der Waals surface area (Å²) >= 11 is -2.60. The maximum atomic E-state index is 15.1. The van der Waals surface area contributed by atoms with Crippen molar-refractivity contribution >= 4 is 25.1 Å². The minimum atomic E-state index is -2.45. The van der Waals surface area contributed by atoms with E-state index in [9.17, 15) is 0 Å². The van der Waals surface area contributed by atoms with Crippen LogP contribution in [0.4, 0.5) is 0 Å². The molecule has 0 saturated heterocycles. The van der Waals surface area contributed by atoms with E-state index in [-0.39, 0.29) is 23.4 Å². The van der Waals surface area contributed by atoms with Crippen LogP contribution in [0, 0.1) is 0 Å². The molecule has 0 saturated carbocycles. The zero-order valence-corrected chi connectivity index (χ0v) is 22.4. The van der Waals surface area contributed by atoms with Gasteiger partial charge in [0.25, 0.3) is 0 Å². The first-order valence-corrected chi connectivity index (χ1v) is 18.9. The van der Waals surface area contributed by atoms with E-state index in [4.69, 9.17) is 0 Å². The molecule has 6 aliphatic rings. The molecule has 0 spiro atoms. The van der Waals surface area contributed by atoms with Crippen LogP contribution in [-0.4, -0.2) is 25.1 Å². The fraction of sp³-hybridized carbons (Fsp3) is 0.125. The van der Waals surface area contributed by atoms with Crippen LogP contribution < -0.4 is 0 Å². The van der Waals surface area contributed by atoms with Gasteiger partial charge in [-0.1, -0.05) is 0 Å². The Morgan fingerprint density at radius 1 is 0.543 bits per heavy atom. The molecule has 4 aromatic carbocycles. The normalized spacial score (nSPS) is 28.7. The second-order valence-corrected chi connectivity index (χ2v) is 19.0. The van der Waals surface area contributed by atoms with E-state index in [1.165, 1.54) is 44.5 Å². The van der Waals surface area contributed by atoms with Crippen molar-refractivity contribution in [2.75, 3.05) is 0 Å². The summed E-state index contributed by atoms with van der Waals surface area (Å²) in [4.78, 5) is 0. The molecule has 0 heterocycles. The fourth-order valence-corrected chi connectivity index (χ4v) is 20.1. The number of rotatable bonds is 3. The van der Waals surface area contributed by atoms with Gasteiger partial charge in [0.2, 0.25) is 0 Å². The maximum absolute atomic E-state index is 15.1. The van der Waals surface area contributed by atoms with E-state index in [0.29, 0.717) is 5.92 Å². The van der Waals surface area contributed by atoms with Crippen LogP contribution in [0.5, 0.6) is 0 Å². The quantitative estimate of drug-likeness (QED) is 0.211. The number of hydrogen-bond acceptors (Lipinski definition) is 1. The zero-order chi connectivity index (χ0) is 23.2. The van der Waals surface area contributed by atoms with Crippen LogP contribution in [-0.2, 0) is 12.5 Å². The van der Waals surface area contributed by atoms with E-state index in [1.54, 1.807) is 0 Å². The van der Waals surface area contributed by atoms with Crippen molar-refractivity contribution in [2.24, 2.45) is 0 Å². The first kappa shape index (κ1) is 20.4. The van der Waals surface area contributed by atoms with Crippen LogP contribution in [0.3, 0.4) is 0 Å². The summed E-state index contributed by atoms with van der Waals surface area (Å²) in [6, 6.07) is 35.2. The van der Waals surface area contributed by atoms with Gasteiger partial charge in [-0.05, 0) is 0 Å². The molecule has 0 aliphatic heterocycles. The molecule has 1 atom stereocenters. The van der Waals surface area contributed by atoms with E-state index in [2.05, 4.69) is 121 Å².